The number of hydroxylamine groups is 4. The average Bonchev–Trinajstić information content (AvgIpc) is 3.49. The van der Waals surface area contributed by atoms with Gasteiger partial charge in [-0.05, 0) is 46.0 Å². The van der Waals surface area contributed by atoms with Crippen molar-refractivity contribution in [2.45, 2.75) is 162 Å². The van der Waals surface area contributed by atoms with Crippen LogP contribution in [0.25, 0.3) is 0 Å². The topological polar surface area (TPSA) is 80.7 Å². The second-order valence-corrected chi connectivity index (χ2v) is 12.8. The molecule has 2 aliphatic rings. The van der Waals surface area contributed by atoms with Crippen molar-refractivity contribution < 1.29 is 29.0 Å². The molecule has 0 amide bonds. The Hall–Kier alpha value is -0.770. The first-order chi connectivity index (χ1) is 19.6. The van der Waals surface area contributed by atoms with E-state index in [2.05, 4.69) is 48.0 Å². The molecule has 0 bridgehead atoms. The van der Waals surface area contributed by atoms with Crippen molar-refractivity contribution >= 4 is 5.97 Å². The Morgan fingerprint density at radius 2 is 1.34 bits per heavy atom. The molecule has 4 atom stereocenters. The van der Waals surface area contributed by atoms with Crippen molar-refractivity contribution in [3.63, 3.8) is 0 Å². The van der Waals surface area contributed by atoms with Gasteiger partial charge >= 0.3 is 5.97 Å². The Morgan fingerprint density at radius 3 is 1.76 bits per heavy atom. The van der Waals surface area contributed by atoms with Crippen LogP contribution in [0.3, 0.4) is 0 Å². The van der Waals surface area contributed by atoms with E-state index < -0.39 is 23.2 Å². The fourth-order valence-corrected chi connectivity index (χ4v) is 6.27. The van der Waals surface area contributed by atoms with Crippen LogP contribution in [0, 0.1) is 18.3 Å². The van der Waals surface area contributed by atoms with E-state index in [4.69, 9.17) is 19.1 Å². The van der Waals surface area contributed by atoms with E-state index in [-0.39, 0.29) is 6.42 Å². The largest absolute Gasteiger partial charge is 0.481 e. The van der Waals surface area contributed by atoms with E-state index >= 15 is 0 Å². The van der Waals surface area contributed by atoms with Crippen LogP contribution in [0.15, 0.2) is 0 Å². The molecule has 0 aliphatic carbocycles. The molecule has 0 aromatic heterocycles. The maximum Gasteiger partial charge on any atom is 0.303 e. The molecule has 0 spiro atoms. The summed E-state index contributed by atoms with van der Waals surface area (Å²) in [5.74, 6) is -1.16. The molecule has 241 valence electrons. The van der Waals surface area contributed by atoms with Crippen LogP contribution in [0.4, 0.5) is 0 Å². The number of hydrogen-bond acceptors (Lipinski definition) is 7. The zero-order valence-corrected chi connectivity index (χ0v) is 27.5. The Balaban J connectivity index is 2.26. The lowest BCUT2D eigenvalue weighted by atomic mass is 9.92. The Kier molecular flexibility index (Phi) is 16.1. The zero-order valence-electron chi connectivity index (χ0n) is 27.5. The fraction of sp³-hybridized carbons (Fsp3) is 0.939. The van der Waals surface area contributed by atoms with Gasteiger partial charge in [-0.1, -0.05) is 86.0 Å². The highest BCUT2D eigenvalue weighted by Gasteiger charge is 2.51. The molecule has 1 N–H and O–H groups in total. The highest BCUT2D eigenvalue weighted by molar-refractivity contribution is 5.66. The highest BCUT2D eigenvalue weighted by Crippen LogP contribution is 2.42. The number of nitrogens with zero attached hydrogens (tertiary/aromatic N) is 2. The molecule has 8 heteroatoms. The maximum absolute atomic E-state index is 11.3. The molecule has 1 radical (unpaired) electrons. The predicted molar refractivity (Wildman–Crippen MR) is 164 cm³/mol. The number of carboxylic acids is 1. The molecule has 2 rings (SSSR count). The Morgan fingerprint density at radius 1 is 0.854 bits per heavy atom. The van der Waals surface area contributed by atoms with Gasteiger partial charge in [0.1, 0.15) is 11.4 Å². The standard InChI is InChI=1S/C33H63N2O6/c1-8-11-13-15-19-28(4)31(6)34(24-26-38-31)40-33(22-10-3,23-18-17-21-30(36)37)41-35-25-27-39-32(35,7)29(5)20-16-14-12-9-2/h10,28-29H,8-9,11-27H2,1-7H3,(H,36,37). The van der Waals surface area contributed by atoms with Gasteiger partial charge in [-0.2, -0.15) is 10.1 Å². The quantitative estimate of drug-likeness (QED) is 0.0954. The van der Waals surface area contributed by atoms with Crippen LogP contribution in [-0.4, -0.2) is 64.7 Å². The molecule has 2 fully saturated rings. The first-order valence-electron chi connectivity index (χ1n) is 16.8. The second-order valence-electron chi connectivity index (χ2n) is 12.8. The van der Waals surface area contributed by atoms with E-state index in [1.807, 2.05) is 17.1 Å². The van der Waals surface area contributed by atoms with Crippen molar-refractivity contribution in [3.05, 3.63) is 6.42 Å². The number of carboxylic acid groups (broad SMARTS) is 1. The minimum atomic E-state index is -0.971. The molecule has 0 aromatic rings. The van der Waals surface area contributed by atoms with E-state index in [0.717, 1.165) is 12.8 Å². The summed E-state index contributed by atoms with van der Waals surface area (Å²) in [6, 6.07) is 0. The van der Waals surface area contributed by atoms with Crippen molar-refractivity contribution in [1.82, 2.24) is 10.1 Å². The van der Waals surface area contributed by atoms with E-state index in [9.17, 15) is 9.90 Å². The third-order valence-corrected chi connectivity index (χ3v) is 9.44. The third-order valence-electron chi connectivity index (χ3n) is 9.44. The predicted octanol–water partition coefficient (Wildman–Crippen LogP) is 8.11. The van der Waals surface area contributed by atoms with Crippen LogP contribution >= 0.6 is 0 Å². The summed E-state index contributed by atoms with van der Waals surface area (Å²) in [6.07, 6.45) is 16.7. The van der Waals surface area contributed by atoms with Crippen molar-refractivity contribution in [2.75, 3.05) is 26.3 Å². The summed E-state index contributed by atoms with van der Waals surface area (Å²) < 4.78 is 12.8. The Bertz CT molecular complexity index is 695. The molecule has 8 nitrogen and oxygen atoms in total. The van der Waals surface area contributed by atoms with Gasteiger partial charge in [-0.3, -0.25) is 14.5 Å². The molecule has 0 aromatic carbocycles. The van der Waals surface area contributed by atoms with Crippen molar-refractivity contribution in [1.29, 1.82) is 0 Å². The van der Waals surface area contributed by atoms with Gasteiger partial charge in [-0.15, -0.1) is 0 Å². The van der Waals surface area contributed by atoms with Crippen LogP contribution in [0.5, 0.6) is 0 Å². The van der Waals surface area contributed by atoms with Crippen LogP contribution in [0.2, 0.25) is 0 Å². The van der Waals surface area contributed by atoms with E-state index in [1.165, 1.54) is 51.4 Å². The lowest BCUT2D eigenvalue weighted by Gasteiger charge is -2.47. The SMILES string of the molecule is C[CH]CC(CCCCC(=O)O)(ON1CCOC1(C)C(C)CCCCCC)ON1CCOC1(C)C(C)CCCCCC. The number of aliphatic carboxylic acids is 1. The first-order valence-corrected chi connectivity index (χ1v) is 16.8. The Labute approximate surface area is 251 Å². The molecule has 2 aliphatic heterocycles. The highest BCUT2D eigenvalue weighted by atomic mass is 16.9. The van der Waals surface area contributed by atoms with Crippen LogP contribution < -0.4 is 0 Å². The number of rotatable bonds is 23. The normalized spacial score (nSPS) is 26.8. The number of hydrogen-bond donors (Lipinski definition) is 1. The summed E-state index contributed by atoms with van der Waals surface area (Å²) >= 11 is 0. The second kappa shape index (κ2) is 18.1. The van der Waals surface area contributed by atoms with E-state index in [0.29, 0.717) is 63.8 Å². The van der Waals surface area contributed by atoms with Gasteiger partial charge in [-0.25, -0.2) is 0 Å². The molecular weight excluding hydrogens is 520 g/mol. The first kappa shape index (κ1) is 36.4. The minimum Gasteiger partial charge on any atom is -0.481 e. The van der Waals surface area contributed by atoms with E-state index in [1.54, 1.807) is 0 Å². The molecular formula is C33H63N2O6. The summed E-state index contributed by atoms with van der Waals surface area (Å²) in [7, 11) is 0. The minimum absolute atomic E-state index is 0.143. The average molecular weight is 584 g/mol. The lowest BCUT2D eigenvalue weighted by molar-refractivity contribution is -0.453. The summed E-state index contributed by atoms with van der Waals surface area (Å²) in [4.78, 5) is 25.2. The van der Waals surface area contributed by atoms with Gasteiger partial charge in [0, 0.05) is 31.1 Å². The van der Waals surface area contributed by atoms with Gasteiger partial charge in [0.25, 0.3) is 0 Å². The molecule has 2 heterocycles. The number of ether oxygens (including phenoxy) is 2. The fourth-order valence-electron chi connectivity index (χ4n) is 6.27. The lowest BCUT2D eigenvalue weighted by Crippen LogP contribution is -2.57. The summed E-state index contributed by atoms with van der Waals surface area (Å²) in [5, 5.41) is 13.3. The smallest absolute Gasteiger partial charge is 0.303 e. The van der Waals surface area contributed by atoms with Crippen LogP contribution in [-0.2, 0) is 23.9 Å². The van der Waals surface area contributed by atoms with Crippen LogP contribution in [0.1, 0.15) is 145 Å². The summed E-state index contributed by atoms with van der Waals surface area (Å²) in [5.41, 5.74) is -1.10. The summed E-state index contributed by atoms with van der Waals surface area (Å²) in [6.45, 7) is 17.9. The van der Waals surface area contributed by atoms with Crippen molar-refractivity contribution in [3.8, 4) is 0 Å². The monoisotopic (exact) mass is 583 g/mol. The third kappa shape index (κ3) is 10.7. The maximum atomic E-state index is 11.3. The molecule has 2 saturated heterocycles. The number of carbonyl (C=O) groups is 1. The number of unbranched alkanes of at least 4 members (excludes halogenated alkanes) is 7. The molecule has 41 heavy (non-hydrogen) atoms. The van der Waals surface area contributed by atoms with Gasteiger partial charge in [0.05, 0.1) is 26.3 Å². The van der Waals surface area contributed by atoms with Gasteiger partial charge < -0.3 is 14.6 Å². The van der Waals surface area contributed by atoms with Gasteiger partial charge in [0.2, 0.25) is 5.79 Å². The zero-order chi connectivity index (χ0) is 30.4. The molecule has 4 unspecified atom stereocenters. The van der Waals surface area contributed by atoms with Gasteiger partial charge in [0.15, 0.2) is 0 Å². The molecule has 0 saturated carbocycles. The van der Waals surface area contributed by atoms with Crippen molar-refractivity contribution in [2.24, 2.45) is 11.8 Å².